The van der Waals surface area contributed by atoms with E-state index in [4.69, 9.17) is 4.74 Å². The van der Waals surface area contributed by atoms with Crippen LogP contribution >= 0.6 is 11.8 Å². The molecule has 5 heteroatoms. The lowest BCUT2D eigenvalue weighted by molar-refractivity contribution is 0.0516. The zero-order chi connectivity index (χ0) is 16.4. The number of thioether (sulfide) groups is 1. The van der Waals surface area contributed by atoms with Gasteiger partial charge in [-0.1, -0.05) is 19.3 Å². The molecular formula is C17H34N2O2S. The van der Waals surface area contributed by atoms with Crippen molar-refractivity contribution in [2.24, 2.45) is 5.92 Å². The summed E-state index contributed by atoms with van der Waals surface area (Å²) in [7, 11) is 0. The van der Waals surface area contributed by atoms with E-state index in [9.17, 15) is 4.79 Å². The Labute approximate surface area is 140 Å². The molecule has 0 radical (unpaired) electrons. The quantitative estimate of drug-likeness (QED) is 0.665. The largest absolute Gasteiger partial charge is 0.444 e. The smallest absolute Gasteiger partial charge is 0.407 e. The lowest BCUT2D eigenvalue weighted by Gasteiger charge is -2.31. The van der Waals surface area contributed by atoms with Crippen LogP contribution in [0.25, 0.3) is 0 Å². The fourth-order valence-electron chi connectivity index (χ4n) is 2.95. The Balaban J connectivity index is 2.40. The molecule has 0 aromatic heterocycles. The van der Waals surface area contributed by atoms with Gasteiger partial charge in [-0.3, -0.25) is 0 Å². The molecule has 4 nitrogen and oxygen atoms in total. The van der Waals surface area contributed by atoms with Crippen LogP contribution in [0.15, 0.2) is 0 Å². The molecule has 1 aliphatic carbocycles. The summed E-state index contributed by atoms with van der Waals surface area (Å²) in [4.78, 5) is 11.9. The van der Waals surface area contributed by atoms with Crippen LogP contribution in [0, 0.1) is 5.92 Å². The van der Waals surface area contributed by atoms with Crippen LogP contribution < -0.4 is 10.6 Å². The summed E-state index contributed by atoms with van der Waals surface area (Å²) in [5.74, 6) is 1.86. The van der Waals surface area contributed by atoms with Crippen molar-refractivity contribution in [3.05, 3.63) is 0 Å². The first-order chi connectivity index (χ1) is 10.4. The summed E-state index contributed by atoms with van der Waals surface area (Å²) in [6, 6.07) is 0.370. The summed E-state index contributed by atoms with van der Waals surface area (Å²) >= 11 is 1.88. The molecule has 1 amide bonds. The molecule has 0 heterocycles. The fourth-order valence-corrected chi connectivity index (χ4v) is 3.39. The molecule has 1 aliphatic rings. The Bertz CT molecular complexity index is 312. The van der Waals surface area contributed by atoms with Gasteiger partial charge in [0, 0.05) is 12.6 Å². The summed E-state index contributed by atoms with van der Waals surface area (Å²) in [6.45, 7) is 7.38. The van der Waals surface area contributed by atoms with Gasteiger partial charge in [-0.25, -0.2) is 4.79 Å². The highest BCUT2D eigenvalue weighted by atomic mass is 32.2. The maximum Gasteiger partial charge on any atom is 0.407 e. The highest BCUT2D eigenvalue weighted by Crippen LogP contribution is 2.26. The van der Waals surface area contributed by atoms with Crippen LogP contribution in [-0.2, 0) is 4.74 Å². The average molecular weight is 331 g/mol. The number of ether oxygens (including phenoxy) is 1. The van der Waals surface area contributed by atoms with E-state index in [2.05, 4.69) is 16.9 Å². The average Bonchev–Trinajstić information content (AvgIpc) is 2.45. The molecule has 1 fully saturated rings. The highest BCUT2D eigenvalue weighted by Gasteiger charge is 2.24. The van der Waals surface area contributed by atoms with Gasteiger partial charge in [0.2, 0.25) is 0 Å². The third kappa shape index (κ3) is 8.89. The van der Waals surface area contributed by atoms with Gasteiger partial charge in [0.05, 0.1) is 0 Å². The minimum atomic E-state index is -0.434. The van der Waals surface area contributed by atoms with Crippen LogP contribution in [0.2, 0.25) is 0 Å². The van der Waals surface area contributed by atoms with Crippen molar-refractivity contribution in [2.75, 3.05) is 25.1 Å². The first kappa shape index (κ1) is 19.6. The Kier molecular flexibility index (Phi) is 9.25. The fraction of sp³-hybridized carbons (Fsp3) is 0.941. The molecule has 0 saturated heterocycles. The molecule has 2 N–H and O–H groups in total. The van der Waals surface area contributed by atoms with Gasteiger partial charge in [0.15, 0.2) is 0 Å². The standard InChI is InChI=1S/C17H34N2O2S/c1-17(2,3)21-16(20)19-13-15(18-11-8-12-22-4)14-9-6-5-7-10-14/h14-15,18H,5-13H2,1-4H3,(H,19,20). The molecule has 0 aliphatic heterocycles. The normalized spacial score (nSPS) is 18.0. The van der Waals surface area contributed by atoms with Crippen LogP contribution in [0.5, 0.6) is 0 Å². The van der Waals surface area contributed by atoms with E-state index in [1.54, 1.807) is 0 Å². The lowest BCUT2D eigenvalue weighted by Crippen LogP contribution is -2.47. The number of amides is 1. The zero-order valence-corrected chi connectivity index (χ0v) is 15.6. The van der Waals surface area contributed by atoms with E-state index in [1.165, 1.54) is 44.3 Å². The van der Waals surface area contributed by atoms with Crippen molar-refractivity contribution in [3.63, 3.8) is 0 Å². The molecule has 1 rings (SSSR count). The monoisotopic (exact) mass is 330 g/mol. The molecule has 1 saturated carbocycles. The second kappa shape index (κ2) is 10.4. The predicted molar refractivity (Wildman–Crippen MR) is 95.6 cm³/mol. The van der Waals surface area contributed by atoms with Gasteiger partial charge in [-0.15, -0.1) is 0 Å². The number of rotatable bonds is 8. The number of hydrogen-bond donors (Lipinski definition) is 2. The van der Waals surface area contributed by atoms with Gasteiger partial charge in [-0.05, 0) is 64.5 Å². The van der Waals surface area contributed by atoms with E-state index in [0.717, 1.165) is 6.54 Å². The van der Waals surface area contributed by atoms with Crippen LogP contribution in [0.4, 0.5) is 4.79 Å². The van der Waals surface area contributed by atoms with Gasteiger partial charge in [0.25, 0.3) is 0 Å². The molecule has 1 unspecified atom stereocenters. The van der Waals surface area contributed by atoms with E-state index in [1.807, 2.05) is 32.5 Å². The SMILES string of the molecule is CSCCCNC(CNC(=O)OC(C)(C)C)C1CCCCC1. The van der Waals surface area contributed by atoms with Crippen molar-refractivity contribution >= 4 is 17.9 Å². The van der Waals surface area contributed by atoms with Crippen LogP contribution in [0.3, 0.4) is 0 Å². The first-order valence-electron chi connectivity index (χ1n) is 8.61. The van der Waals surface area contributed by atoms with Crippen molar-refractivity contribution < 1.29 is 9.53 Å². The Morgan fingerprint density at radius 2 is 1.95 bits per heavy atom. The minimum Gasteiger partial charge on any atom is -0.444 e. The second-order valence-electron chi connectivity index (χ2n) is 7.19. The molecule has 22 heavy (non-hydrogen) atoms. The van der Waals surface area contributed by atoms with Gasteiger partial charge in [0.1, 0.15) is 5.60 Å². The van der Waals surface area contributed by atoms with Crippen LogP contribution in [0.1, 0.15) is 59.3 Å². The Hall–Kier alpha value is -0.420. The summed E-state index contributed by atoms with van der Waals surface area (Å²) in [6.07, 6.45) is 9.56. The number of alkyl carbamates (subject to hydrolysis) is 1. The van der Waals surface area contributed by atoms with E-state index >= 15 is 0 Å². The number of hydrogen-bond acceptors (Lipinski definition) is 4. The number of carbonyl (C=O) groups excluding carboxylic acids is 1. The third-order valence-corrected chi connectivity index (χ3v) is 4.71. The summed E-state index contributed by atoms with van der Waals surface area (Å²) in [5.41, 5.74) is -0.434. The van der Waals surface area contributed by atoms with Gasteiger partial charge < -0.3 is 15.4 Å². The molecule has 1 atom stereocenters. The maximum atomic E-state index is 11.9. The lowest BCUT2D eigenvalue weighted by atomic mass is 9.84. The molecule has 0 aromatic rings. The van der Waals surface area contributed by atoms with Gasteiger partial charge in [-0.2, -0.15) is 11.8 Å². The first-order valence-corrected chi connectivity index (χ1v) is 10.0. The molecular weight excluding hydrogens is 296 g/mol. The second-order valence-corrected chi connectivity index (χ2v) is 8.17. The number of carbonyl (C=O) groups is 1. The minimum absolute atomic E-state index is 0.306. The highest BCUT2D eigenvalue weighted by molar-refractivity contribution is 7.98. The number of nitrogens with one attached hydrogen (secondary N) is 2. The van der Waals surface area contributed by atoms with E-state index in [-0.39, 0.29) is 6.09 Å². The molecule has 0 spiro atoms. The molecule has 130 valence electrons. The van der Waals surface area contributed by atoms with Crippen molar-refractivity contribution in [3.8, 4) is 0 Å². The molecule has 0 bridgehead atoms. The van der Waals surface area contributed by atoms with Crippen molar-refractivity contribution in [1.29, 1.82) is 0 Å². The van der Waals surface area contributed by atoms with E-state index < -0.39 is 5.60 Å². The Morgan fingerprint density at radius 3 is 2.55 bits per heavy atom. The summed E-state index contributed by atoms with van der Waals surface area (Å²) < 4.78 is 5.34. The zero-order valence-electron chi connectivity index (χ0n) is 14.7. The topological polar surface area (TPSA) is 50.4 Å². The summed E-state index contributed by atoms with van der Waals surface area (Å²) in [5, 5.41) is 6.61. The van der Waals surface area contributed by atoms with Crippen molar-refractivity contribution in [1.82, 2.24) is 10.6 Å². The Morgan fingerprint density at radius 1 is 1.27 bits per heavy atom. The van der Waals surface area contributed by atoms with Crippen LogP contribution in [-0.4, -0.2) is 42.8 Å². The van der Waals surface area contributed by atoms with Gasteiger partial charge >= 0.3 is 6.09 Å². The predicted octanol–water partition coefficient (Wildman–Crippen LogP) is 3.80. The van der Waals surface area contributed by atoms with E-state index in [0.29, 0.717) is 18.5 Å². The maximum absolute atomic E-state index is 11.9. The van der Waals surface area contributed by atoms with Crippen molar-refractivity contribution in [2.45, 2.75) is 70.9 Å². The molecule has 0 aromatic carbocycles. The third-order valence-electron chi connectivity index (χ3n) is 4.02.